The van der Waals surface area contributed by atoms with Crippen molar-refractivity contribution in [1.29, 1.82) is 0 Å². The lowest BCUT2D eigenvalue weighted by atomic mass is 10.1. The second-order valence-corrected chi connectivity index (χ2v) is 9.97. The molecule has 4 aromatic rings. The van der Waals surface area contributed by atoms with Crippen LogP contribution in [-0.4, -0.2) is 35.5 Å². The van der Waals surface area contributed by atoms with Gasteiger partial charge in [0.05, 0.1) is 24.2 Å². The molecule has 4 rings (SSSR count). The van der Waals surface area contributed by atoms with Gasteiger partial charge in [-0.15, -0.1) is 6.58 Å². The van der Waals surface area contributed by atoms with Gasteiger partial charge in [-0.2, -0.15) is 9.78 Å². The standard InChI is InChI=1S/C30H29BrN4O4/c1-5-9-21-14-20(15-26(38-4)28(21)39-18-27(36)33-23-10-7-6-8-11-23)17-32-35-29(19(2)3)34-25-13-12-22(31)16-24(25)30(35)37/h5-8,10-17,19H,1,9,18H2,2-4H3,(H,33,36). The Bertz CT molecular complexity index is 1600. The normalized spacial score (nSPS) is 11.2. The number of anilines is 1. The fourth-order valence-electron chi connectivity index (χ4n) is 4.01. The zero-order valence-electron chi connectivity index (χ0n) is 22.0. The van der Waals surface area contributed by atoms with E-state index in [1.54, 1.807) is 36.6 Å². The molecule has 39 heavy (non-hydrogen) atoms. The molecular formula is C30H29BrN4O4. The fourth-order valence-corrected chi connectivity index (χ4v) is 4.37. The van der Waals surface area contributed by atoms with Crippen molar-refractivity contribution in [3.63, 3.8) is 0 Å². The Morgan fingerprint density at radius 1 is 1.18 bits per heavy atom. The molecule has 1 amide bonds. The quantitative estimate of drug-likeness (QED) is 0.183. The van der Waals surface area contributed by atoms with E-state index in [0.29, 0.717) is 45.9 Å². The average molecular weight is 589 g/mol. The number of carbonyl (C=O) groups excluding carboxylic acids is 1. The van der Waals surface area contributed by atoms with Crippen LogP contribution in [0.15, 0.2) is 87.7 Å². The van der Waals surface area contributed by atoms with Gasteiger partial charge in [-0.3, -0.25) is 9.59 Å². The van der Waals surface area contributed by atoms with Crippen molar-refractivity contribution in [3.8, 4) is 11.5 Å². The van der Waals surface area contributed by atoms with Gasteiger partial charge in [-0.05, 0) is 54.4 Å². The predicted molar refractivity (Wildman–Crippen MR) is 158 cm³/mol. The number of methoxy groups -OCH3 is 1. The molecule has 0 radical (unpaired) electrons. The molecule has 0 unspecified atom stereocenters. The molecule has 1 aromatic heterocycles. The highest BCUT2D eigenvalue weighted by atomic mass is 79.9. The first-order valence-corrected chi connectivity index (χ1v) is 13.2. The maximum absolute atomic E-state index is 13.3. The summed E-state index contributed by atoms with van der Waals surface area (Å²) in [5.74, 6) is 1.09. The summed E-state index contributed by atoms with van der Waals surface area (Å²) in [7, 11) is 1.53. The topological polar surface area (TPSA) is 94.8 Å². The SMILES string of the molecule is C=CCc1cc(C=Nn2c(C(C)C)nc3ccc(Br)cc3c2=O)cc(OC)c1OCC(=O)Nc1ccccc1. The molecule has 0 aliphatic carbocycles. The van der Waals surface area contributed by atoms with Crippen molar-refractivity contribution in [2.75, 3.05) is 19.0 Å². The van der Waals surface area contributed by atoms with Crippen molar-refractivity contribution in [1.82, 2.24) is 9.66 Å². The zero-order chi connectivity index (χ0) is 27.9. The molecule has 200 valence electrons. The number of nitrogens with one attached hydrogen (secondary N) is 1. The summed E-state index contributed by atoms with van der Waals surface area (Å²) in [6.45, 7) is 7.56. The molecule has 0 saturated heterocycles. The number of fused-ring (bicyclic) bond motifs is 1. The first-order chi connectivity index (χ1) is 18.8. The van der Waals surface area contributed by atoms with Gasteiger partial charge >= 0.3 is 0 Å². The Kier molecular flexibility index (Phi) is 8.93. The predicted octanol–water partition coefficient (Wildman–Crippen LogP) is 5.92. The van der Waals surface area contributed by atoms with Crippen molar-refractivity contribution in [2.24, 2.45) is 5.10 Å². The number of hydrogen-bond acceptors (Lipinski definition) is 6. The molecule has 1 heterocycles. The minimum absolute atomic E-state index is 0.0356. The number of halogens is 1. The van der Waals surface area contributed by atoms with E-state index in [2.05, 4.69) is 37.9 Å². The molecule has 1 N–H and O–H groups in total. The van der Waals surface area contributed by atoms with Gasteiger partial charge in [-0.1, -0.05) is 54.1 Å². The summed E-state index contributed by atoms with van der Waals surface area (Å²) in [5, 5.41) is 7.78. The first kappa shape index (κ1) is 27.8. The highest BCUT2D eigenvalue weighted by molar-refractivity contribution is 9.10. The van der Waals surface area contributed by atoms with E-state index in [9.17, 15) is 9.59 Å². The third-order valence-corrected chi connectivity index (χ3v) is 6.31. The summed E-state index contributed by atoms with van der Waals surface area (Å²) in [5.41, 5.74) is 2.48. The van der Waals surface area contributed by atoms with Crippen LogP contribution in [0, 0.1) is 0 Å². The second-order valence-electron chi connectivity index (χ2n) is 9.05. The lowest BCUT2D eigenvalue weighted by Gasteiger charge is -2.16. The number of allylic oxidation sites excluding steroid dienone is 1. The maximum atomic E-state index is 13.3. The second kappa shape index (κ2) is 12.5. The van der Waals surface area contributed by atoms with Crippen LogP contribution in [0.1, 0.15) is 36.7 Å². The van der Waals surface area contributed by atoms with E-state index in [-0.39, 0.29) is 24.0 Å². The van der Waals surface area contributed by atoms with Gasteiger partial charge in [0.2, 0.25) is 0 Å². The molecule has 0 atom stereocenters. The van der Waals surface area contributed by atoms with Crippen molar-refractivity contribution in [3.05, 3.63) is 105 Å². The number of para-hydroxylation sites is 1. The minimum Gasteiger partial charge on any atom is -0.493 e. The summed E-state index contributed by atoms with van der Waals surface area (Å²) in [6.07, 6.45) is 3.79. The van der Waals surface area contributed by atoms with E-state index in [4.69, 9.17) is 9.47 Å². The summed E-state index contributed by atoms with van der Waals surface area (Å²) in [6, 6.07) is 18.2. The molecule has 3 aromatic carbocycles. The van der Waals surface area contributed by atoms with Crippen LogP contribution < -0.4 is 20.3 Å². The van der Waals surface area contributed by atoms with E-state index in [1.807, 2.05) is 50.2 Å². The molecule has 0 aliphatic heterocycles. The number of nitrogens with zero attached hydrogens (tertiary/aromatic N) is 3. The molecule has 0 fully saturated rings. The number of amides is 1. The third-order valence-electron chi connectivity index (χ3n) is 5.82. The van der Waals surface area contributed by atoms with Crippen molar-refractivity contribution < 1.29 is 14.3 Å². The van der Waals surface area contributed by atoms with Gasteiger partial charge in [-0.25, -0.2) is 4.98 Å². The van der Waals surface area contributed by atoms with Gasteiger partial charge < -0.3 is 14.8 Å². The van der Waals surface area contributed by atoms with Gasteiger partial charge in [0.15, 0.2) is 18.1 Å². The molecular weight excluding hydrogens is 560 g/mol. The van der Waals surface area contributed by atoms with E-state index >= 15 is 0 Å². The maximum Gasteiger partial charge on any atom is 0.282 e. The van der Waals surface area contributed by atoms with E-state index < -0.39 is 0 Å². The Hall–Kier alpha value is -4.24. The van der Waals surface area contributed by atoms with Crippen molar-refractivity contribution in [2.45, 2.75) is 26.2 Å². The molecule has 0 bridgehead atoms. The summed E-state index contributed by atoms with van der Waals surface area (Å²) < 4.78 is 13.6. The smallest absolute Gasteiger partial charge is 0.282 e. The number of carbonyl (C=O) groups is 1. The van der Waals surface area contributed by atoms with Crippen LogP contribution in [0.3, 0.4) is 0 Å². The summed E-state index contributed by atoms with van der Waals surface area (Å²) in [4.78, 5) is 30.5. The molecule has 8 nitrogen and oxygen atoms in total. The van der Waals surface area contributed by atoms with Crippen LogP contribution >= 0.6 is 15.9 Å². The first-order valence-electron chi connectivity index (χ1n) is 12.4. The number of rotatable bonds is 10. The highest BCUT2D eigenvalue weighted by Crippen LogP contribution is 2.33. The summed E-state index contributed by atoms with van der Waals surface area (Å²) >= 11 is 3.42. The number of benzene rings is 3. The number of aromatic nitrogens is 2. The van der Waals surface area contributed by atoms with Gasteiger partial charge in [0, 0.05) is 21.6 Å². The lowest BCUT2D eigenvalue weighted by Crippen LogP contribution is -2.23. The highest BCUT2D eigenvalue weighted by Gasteiger charge is 2.16. The van der Waals surface area contributed by atoms with Crippen LogP contribution in [0.5, 0.6) is 11.5 Å². The van der Waals surface area contributed by atoms with E-state index in [1.165, 1.54) is 11.8 Å². The monoisotopic (exact) mass is 588 g/mol. The largest absolute Gasteiger partial charge is 0.493 e. The molecule has 0 saturated carbocycles. The Morgan fingerprint density at radius 3 is 2.64 bits per heavy atom. The Morgan fingerprint density at radius 2 is 1.95 bits per heavy atom. The minimum atomic E-state index is -0.297. The molecule has 0 aliphatic rings. The third kappa shape index (κ3) is 6.61. The molecule has 9 heteroatoms. The zero-order valence-corrected chi connectivity index (χ0v) is 23.6. The average Bonchev–Trinajstić information content (AvgIpc) is 2.92. The van der Waals surface area contributed by atoms with Crippen LogP contribution in [0.4, 0.5) is 5.69 Å². The van der Waals surface area contributed by atoms with Gasteiger partial charge in [0.25, 0.3) is 11.5 Å². The lowest BCUT2D eigenvalue weighted by molar-refractivity contribution is -0.118. The van der Waals surface area contributed by atoms with Gasteiger partial charge in [0.1, 0.15) is 5.82 Å². The number of ether oxygens (including phenoxy) is 2. The van der Waals surface area contributed by atoms with E-state index in [0.717, 1.165) is 10.0 Å². The molecule has 0 spiro atoms. The fraction of sp³-hybridized carbons (Fsp3) is 0.200. The Labute approximate surface area is 235 Å². The van der Waals surface area contributed by atoms with Crippen LogP contribution in [-0.2, 0) is 11.2 Å². The number of hydrogen-bond donors (Lipinski definition) is 1. The van der Waals surface area contributed by atoms with Crippen LogP contribution in [0.2, 0.25) is 0 Å². The van der Waals surface area contributed by atoms with Crippen molar-refractivity contribution >= 4 is 44.6 Å². The van der Waals surface area contributed by atoms with Crippen LogP contribution in [0.25, 0.3) is 10.9 Å². The Balaban J connectivity index is 1.66.